The minimum Gasteiger partial charge on any atom is -0.395 e. The molecule has 1 saturated heterocycles. The molecule has 1 aliphatic heterocycles. The van der Waals surface area contributed by atoms with Crippen molar-refractivity contribution in [3.8, 4) is 0 Å². The normalized spacial score (nSPS) is 19.1. The number of carbonyl (C=O) groups excluding carboxylic acids is 1. The fourth-order valence-electron chi connectivity index (χ4n) is 1.52. The molecule has 1 heterocycles. The van der Waals surface area contributed by atoms with E-state index in [9.17, 15) is 4.79 Å². The Bertz CT molecular complexity index is 165. The van der Waals surface area contributed by atoms with Crippen molar-refractivity contribution < 1.29 is 9.90 Å². The maximum Gasteiger partial charge on any atom is 0.226 e. The van der Waals surface area contributed by atoms with Crippen LogP contribution < -0.4 is 0 Å². The quantitative estimate of drug-likeness (QED) is 0.635. The van der Waals surface area contributed by atoms with E-state index in [-0.39, 0.29) is 12.5 Å². The van der Waals surface area contributed by atoms with E-state index in [2.05, 4.69) is 4.90 Å². The van der Waals surface area contributed by atoms with Crippen LogP contribution in [0.25, 0.3) is 0 Å². The first kappa shape index (κ1) is 10.5. The lowest BCUT2D eigenvalue weighted by atomic mass is 10.3. The van der Waals surface area contributed by atoms with Gasteiger partial charge in [-0.1, -0.05) is 6.92 Å². The van der Waals surface area contributed by atoms with Gasteiger partial charge in [-0.15, -0.1) is 0 Å². The Hall–Kier alpha value is -0.610. The van der Waals surface area contributed by atoms with Crippen LogP contribution in [0, 0.1) is 6.42 Å². The zero-order valence-electron chi connectivity index (χ0n) is 8.07. The third-order valence-corrected chi connectivity index (χ3v) is 2.35. The predicted octanol–water partition coefficient (Wildman–Crippen LogP) is -0.653. The molecule has 0 aromatic carbocycles. The van der Waals surface area contributed by atoms with Crippen LogP contribution in [0.3, 0.4) is 0 Å². The van der Waals surface area contributed by atoms with Gasteiger partial charge in [0.05, 0.1) is 6.61 Å². The van der Waals surface area contributed by atoms with E-state index in [0.29, 0.717) is 0 Å². The van der Waals surface area contributed by atoms with Crippen molar-refractivity contribution in [3.05, 3.63) is 6.42 Å². The Labute approximate surface area is 79.1 Å². The summed E-state index contributed by atoms with van der Waals surface area (Å²) in [6.45, 7) is 6.00. The lowest BCUT2D eigenvalue weighted by Crippen LogP contribution is -2.49. The predicted molar refractivity (Wildman–Crippen MR) is 50.1 cm³/mol. The van der Waals surface area contributed by atoms with Crippen LogP contribution >= 0.6 is 0 Å². The van der Waals surface area contributed by atoms with Crippen LogP contribution in [-0.4, -0.2) is 60.1 Å². The van der Waals surface area contributed by atoms with E-state index in [1.165, 1.54) is 0 Å². The summed E-state index contributed by atoms with van der Waals surface area (Å²) in [5.41, 5.74) is 0. The fourth-order valence-corrected chi connectivity index (χ4v) is 1.52. The Morgan fingerprint density at radius 2 is 2.00 bits per heavy atom. The van der Waals surface area contributed by atoms with Crippen LogP contribution in [0.2, 0.25) is 0 Å². The Balaban J connectivity index is 2.26. The molecule has 0 bridgehead atoms. The van der Waals surface area contributed by atoms with E-state index in [4.69, 9.17) is 5.11 Å². The Kier molecular flexibility index (Phi) is 4.18. The van der Waals surface area contributed by atoms with Gasteiger partial charge in [-0.05, 0) is 0 Å². The van der Waals surface area contributed by atoms with Gasteiger partial charge >= 0.3 is 0 Å². The molecule has 1 aliphatic rings. The summed E-state index contributed by atoms with van der Waals surface area (Å²) in [6, 6.07) is 0. The third kappa shape index (κ3) is 2.97. The summed E-state index contributed by atoms with van der Waals surface area (Å²) in [6.07, 6.45) is 1.60. The highest BCUT2D eigenvalue weighted by Gasteiger charge is 2.18. The molecule has 75 valence electrons. The Morgan fingerprint density at radius 1 is 1.38 bits per heavy atom. The molecule has 1 fully saturated rings. The molecule has 0 aromatic rings. The number of piperazine rings is 1. The summed E-state index contributed by atoms with van der Waals surface area (Å²) in [5, 5.41) is 8.71. The van der Waals surface area contributed by atoms with Gasteiger partial charge in [0.1, 0.15) is 0 Å². The second kappa shape index (κ2) is 5.19. The van der Waals surface area contributed by atoms with Gasteiger partial charge in [-0.3, -0.25) is 9.69 Å². The molecule has 1 rings (SSSR count). The van der Waals surface area contributed by atoms with Crippen LogP contribution in [0.1, 0.15) is 6.92 Å². The highest BCUT2D eigenvalue weighted by Crippen LogP contribution is 2.02. The number of carbonyl (C=O) groups is 1. The molecule has 1 radical (unpaired) electrons. The van der Waals surface area contributed by atoms with E-state index >= 15 is 0 Å². The third-order valence-electron chi connectivity index (χ3n) is 2.35. The number of rotatable bonds is 3. The molecule has 1 N–H and O–H groups in total. The molecule has 0 spiro atoms. The van der Waals surface area contributed by atoms with Gasteiger partial charge in [0.25, 0.3) is 0 Å². The first-order chi connectivity index (χ1) is 6.27. The number of amides is 1. The number of nitrogens with zero attached hydrogens (tertiary/aromatic N) is 2. The van der Waals surface area contributed by atoms with E-state index in [1.807, 2.05) is 4.90 Å². The van der Waals surface area contributed by atoms with Gasteiger partial charge in [0.15, 0.2) is 0 Å². The number of hydrogen-bond acceptors (Lipinski definition) is 3. The van der Waals surface area contributed by atoms with Crippen LogP contribution in [0.5, 0.6) is 0 Å². The number of β-amino-alcohol motifs (C(OH)–C–C–N with tert-alkyl or cyclic N) is 1. The molecular weight excluding hydrogens is 168 g/mol. The molecule has 0 unspecified atom stereocenters. The average Bonchev–Trinajstić information content (AvgIpc) is 2.18. The smallest absolute Gasteiger partial charge is 0.226 e. The molecule has 0 aromatic heterocycles. The zero-order chi connectivity index (χ0) is 9.68. The monoisotopic (exact) mass is 185 g/mol. The number of aliphatic hydroxyl groups is 1. The van der Waals surface area contributed by atoms with E-state index in [0.717, 1.165) is 32.7 Å². The lowest BCUT2D eigenvalue weighted by Gasteiger charge is -2.34. The van der Waals surface area contributed by atoms with Crippen LogP contribution in [-0.2, 0) is 4.79 Å². The van der Waals surface area contributed by atoms with Crippen molar-refractivity contribution >= 4 is 5.91 Å². The maximum absolute atomic E-state index is 11.2. The van der Waals surface area contributed by atoms with Crippen molar-refractivity contribution in [1.82, 2.24) is 9.80 Å². The van der Waals surface area contributed by atoms with Crippen molar-refractivity contribution in [3.63, 3.8) is 0 Å². The van der Waals surface area contributed by atoms with Crippen LogP contribution in [0.15, 0.2) is 0 Å². The van der Waals surface area contributed by atoms with Crippen molar-refractivity contribution in [1.29, 1.82) is 0 Å². The van der Waals surface area contributed by atoms with Gasteiger partial charge in [0.2, 0.25) is 5.91 Å². The molecule has 1 amide bonds. The molecule has 0 atom stereocenters. The summed E-state index contributed by atoms with van der Waals surface area (Å²) >= 11 is 0. The standard InChI is InChI=1S/C9H17N2O2/c1-2-9(13)11-5-3-10(4-6-11)7-8-12/h2,12H,3-8H2,1H3. The average molecular weight is 185 g/mol. The van der Waals surface area contributed by atoms with Crippen LogP contribution in [0.4, 0.5) is 0 Å². The van der Waals surface area contributed by atoms with Crippen molar-refractivity contribution in [2.75, 3.05) is 39.3 Å². The highest BCUT2D eigenvalue weighted by atomic mass is 16.3. The van der Waals surface area contributed by atoms with Gasteiger partial charge in [0, 0.05) is 39.1 Å². The largest absolute Gasteiger partial charge is 0.395 e. The summed E-state index contributed by atoms with van der Waals surface area (Å²) in [4.78, 5) is 15.2. The highest BCUT2D eigenvalue weighted by molar-refractivity contribution is 5.84. The van der Waals surface area contributed by atoms with Gasteiger partial charge in [-0.25, -0.2) is 0 Å². The molecular formula is C9H17N2O2. The zero-order valence-corrected chi connectivity index (χ0v) is 8.07. The Morgan fingerprint density at radius 3 is 2.46 bits per heavy atom. The molecule has 4 nitrogen and oxygen atoms in total. The van der Waals surface area contributed by atoms with Gasteiger partial charge in [-0.2, -0.15) is 0 Å². The summed E-state index contributed by atoms with van der Waals surface area (Å²) in [5.74, 6) is 0.114. The summed E-state index contributed by atoms with van der Waals surface area (Å²) < 4.78 is 0. The topological polar surface area (TPSA) is 43.8 Å². The molecule has 0 saturated carbocycles. The second-order valence-electron chi connectivity index (χ2n) is 3.18. The maximum atomic E-state index is 11.2. The molecule has 0 aliphatic carbocycles. The SMILES string of the molecule is C[CH]C(=O)N1CCN(CCO)CC1. The minimum atomic E-state index is 0.114. The molecule has 4 heteroatoms. The van der Waals surface area contributed by atoms with E-state index < -0.39 is 0 Å². The van der Waals surface area contributed by atoms with Crippen molar-refractivity contribution in [2.24, 2.45) is 0 Å². The number of aliphatic hydroxyl groups excluding tert-OH is 1. The number of hydrogen-bond donors (Lipinski definition) is 1. The first-order valence-electron chi connectivity index (χ1n) is 4.69. The summed E-state index contributed by atoms with van der Waals surface area (Å²) in [7, 11) is 0. The van der Waals surface area contributed by atoms with Gasteiger partial charge < -0.3 is 10.0 Å². The molecule has 13 heavy (non-hydrogen) atoms. The lowest BCUT2D eigenvalue weighted by molar-refractivity contribution is -0.129. The minimum absolute atomic E-state index is 0.114. The fraction of sp³-hybridized carbons (Fsp3) is 0.778. The first-order valence-corrected chi connectivity index (χ1v) is 4.69. The second-order valence-corrected chi connectivity index (χ2v) is 3.18. The van der Waals surface area contributed by atoms with Crippen molar-refractivity contribution in [2.45, 2.75) is 6.92 Å². The van der Waals surface area contributed by atoms with E-state index in [1.54, 1.807) is 13.3 Å².